The van der Waals surface area contributed by atoms with E-state index in [9.17, 15) is 4.79 Å². The first-order valence-corrected chi connectivity index (χ1v) is 7.92. The monoisotopic (exact) mass is 372 g/mol. The summed E-state index contributed by atoms with van der Waals surface area (Å²) < 4.78 is 6.84. The van der Waals surface area contributed by atoms with Crippen LogP contribution >= 0.6 is 23.2 Å². The Morgan fingerprint density at radius 2 is 1.83 bits per heavy atom. The van der Waals surface area contributed by atoms with Crippen molar-refractivity contribution < 1.29 is 14.6 Å². The van der Waals surface area contributed by atoms with E-state index in [0.717, 1.165) is 23.1 Å². The first-order valence-electron chi connectivity index (χ1n) is 7.16. The first-order chi connectivity index (χ1) is 11.4. The van der Waals surface area contributed by atoms with E-state index in [-0.39, 0.29) is 12.2 Å². The molecule has 0 saturated carbocycles. The van der Waals surface area contributed by atoms with E-state index in [1.54, 1.807) is 18.7 Å². The molecule has 0 fully saturated rings. The maximum atomic E-state index is 12.4. The van der Waals surface area contributed by atoms with Gasteiger partial charge in [-0.2, -0.15) is 0 Å². The van der Waals surface area contributed by atoms with Gasteiger partial charge in [-0.3, -0.25) is 9.69 Å². The van der Waals surface area contributed by atoms with Crippen LogP contribution in [0.2, 0.25) is 10.0 Å². The van der Waals surface area contributed by atoms with E-state index in [2.05, 4.69) is 4.90 Å². The topological polar surface area (TPSA) is 71.8 Å². The molecule has 24 heavy (non-hydrogen) atoms. The number of aromatic nitrogens is 1. The Bertz CT molecular complexity index is 849. The number of aryl methyl sites for hydroxylation is 1. The van der Waals surface area contributed by atoms with Gasteiger partial charge in [0.2, 0.25) is 0 Å². The van der Waals surface area contributed by atoms with Crippen molar-refractivity contribution >= 4 is 40.4 Å². The van der Waals surface area contributed by atoms with Gasteiger partial charge >= 0.3 is 0 Å². The molecule has 0 unspecified atom stereocenters. The second-order valence-electron chi connectivity index (χ2n) is 5.45. The van der Waals surface area contributed by atoms with Gasteiger partial charge in [-0.25, -0.2) is 0 Å². The van der Waals surface area contributed by atoms with E-state index >= 15 is 0 Å². The third-order valence-electron chi connectivity index (χ3n) is 3.89. The Balaban J connectivity index is 0.000000471. The van der Waals surface area contributed by atoms with Crippen LogP contribution in [-0.4, -0.2) is 41.6 Å². The standard InChI is InChI=1S/C14H14Cl2N2O2.C2H4O2/c1-17-5-8-7-4-10(20-3)11(15)12(16)13(7)18(2)14(19)9(8)6-17;3-1-2-4/h4H,5-6H2,1-3H3;1,4H,2H2. The molecule has 2 aromatic rings. The fourth-order valence-electron chi connectivity index (χ4n) is 2.83. The molecule has 1 N–H and O–H groups in total. The molecule has 1 aromatic carbocycles. The molecule has 1 aromatic heterocycles. The van der Waals surface area contributed by atoms with E-state index in [0.29, 0.717) is 34.1 Å². The molecule has 0 aliphatic carbocycles. The number of ether oxygens (including phenoxy) is 1. The number of nitrogens with zero attached hydrogens (tertiary/aromatic N) is 2. The molecule has 130 valence electrons. The Morgan fingerprint density at radius 3 is 2.38 bits per heavy atom. The molecular formula is C16H18Cl2N2O4. The molecule has 6 nitrogen and oxygen atoms in total. The number of pyridine rings is 1. The van der Waals surface area contributed by atoms with Crippen LogP contribution in [0.5, 0.6) is 5.75 Å². The van der Waals surface area contributed by atoms with Gasteiger partial charge in [0, 0.05) is 31.1 Å². The van der Waals surface area contributed by atoms with E-state index < -0.39 is 0 Å². The highest BCUT2D eigenvalue weighted by atomic mass is 35.5. The van der Waals surface area contributed by atoms with Crippen LogP contribution in [0, 0.1) is 0 Å². The van der Waals surface area contributed by atoms with Gasteiger partial charge in [0.1, 0.15) is 17.1 Å². The van der Waals surface area contributed by atoms with Crippen LogP contribution in [0.15, 0.2) is 10.9 Å². The van der Waals surface area contributed by atoms with Crippen LogP contribution in [-0.2, 0) is 24.9 Å². The second-order valence-corrected chi connectivity index (χ2v) is 6.20. The van der Waals surface area contributed by atoms with Crippen molar-refractivity contribution in [1.29, 1.82) is 0 Å². The van der Waals surface area contributed by atoms with E-state index in [4.69, 9.17) is 37.8 Å². The quantitative estimate of drug-likeness (QED) is 0.816. The summed E-state index contributed by atoms with van der Waals surface area (Å²) in [5.74, 6) is 0.527. The Hall–Kier alpha value is -1.60. The minimum atomic E-state index is -0.361. The number of rotatable bonds is 2. The summed E-state index contributed by atoms with van der Waals surface area (Å²) in [6.45, 7) is 1.02. The number of carbonyl (C=O) groups excluding carboxylic acids is 1. The highest BCUT2D eigenvalue weighted by Gasteiger charge is 2.25. The predicted octanol–water partition coefficient (Wildman–Crippen LogP) is 1.98. The van der Waals surface area contributed by atoms with Crippen molar-refractivity contribution in [2.75, 3.05) is 20.8 Å². The largest absolute Gasteiger partial charge is 0.495 e. The number of aldehydes is 1. The molecule has 0 bridgehead atoms. The Kier molecular flexibility index (Phi) is 5.87. The van der Waals surface area contributed by atoms with Crippen molar-refractivity contribution in [3.05, 3.63) is 37.6 Å². The number of aliphatic hydroxyl groups excluding tert-OH is 1. The Labute approximate surface area is 149 Å². The van der Waals surface area contributed by atoms with Crippen LogP contribution < -0.4 is 10.3 Å². The number of fused-ring (bicyclic) bond motifs is 3. The molecule has 2 heterocycles. The maximum Gasteiger partial charge on any atom is 0.255 e. The molecule has 0 spiro atoms. The molecule has 0 radical (unpaired) electrons. The fraction of sp³-hybridized carbons (Fsp3) is 0.375. The number of carbonyl (C=O) groups is 1. The summed E-state index contributed by atoms with van der Waals surface area (Å²) in [5.41, 5.74) is 2.49. The van der Waals surface area contributed by atoms with Gasteiger partial charge in [0.15, 0.2) is 0 Å². The van der Waals surface area contributed by atoms with Gasteiger partial charge in [-0.1, -0.05) is 23.2 Å². The van der Waals surface area contributed by atoms with Gasteiger partial charge < -0.3 is 19.2 Å². The molecule has 1 aliphatic rings. The summed E-state index contributed by atoms with van der Waals surface area (Å²) in [6, 6.07) is 1.86. The van der Waals surface area contributed by atoms with Crippen molar-refractivity contribution in [2.45, 2.75) is 13.1 Å². The van der Waals surface area contributed by atoms with Crippen molar-refractivity contribution in [1.82, 2.24) is 9.47 Å². The van der Waals surface area contributed by atoms with Gasteiger partial charge in [-0.15, -0.1) is 0 Å². The number of hydrogen-bond acceptors (Lipinski definition) is 5. The zero-order valence-corrected chi connectivity index (χ0v) is 15.1. The second kappa shape index (κ2) is 7.53. The summed E-state index contributed by atoms with van der Waals surface area (Å²) in [5, 5.41) is 9.13. The lowest BCUT2D eigenvalue weighted by Gasteiger charge is -2.14. The van der Waals surface area contributed by atoms with Gasteiger partial charge in [-0.05, 0) is 18.7 Å². The molecular weight excluding hydrogens is 355 g/mol. The molecule has 1 aliphatic heterocycles. The van der Waals surface area contributed by atoms with E-state index in [1.807, 2.05) is 13.1 Å². The molecule has 0 saturated heterocycles. The number of hydrogen-bond donors (Lipinski definition) is 1. The normalized spacial score (nSPS) is 13.4. The highest BCUT2D eigenvalue weighted by molar-refractivity contribution is 6.46. The minimum absolute atomic E-state index is 0.0139. The van der Waals surface area contributed by atoms with E-state index in [1.165, 1.54) is 0 Å². The number of benzene rings is 1. The number of aliphatic hydroxyl groups is 1. The maximum absolute atomic E-state index is 12.4. The van der Waals surface area contributed by atoms with Crippen LogP contribution in [0.1, 0.15) is 11.1 Å². The summed E-state index contributed by atoms with van der Waals surface area (Å²) in [6.07, 6.45) is 0.431. The lowest BCUT2D eigenvalue weighted by atomic mass is 10.0. The number of halogens is 2. The zero-order valence-electron chi connectivity index (χ0n) is 13.6. The third-order valence-corrected chi connectivity index (χ3v) is 4.73. The molecule has 0 amide bonds. The van der Waals surface area contributed by atoms with Gasteiger partial charge in [0.25, 0.3) is 5.56 Å². The minimum Gasteiger partial charge on any atom is -0.495 e. The average Bonchev–Trinajstić information content (AvgIpc) is 2.97. The highest BCUT2D eigenvalue weighted by Crippen LogP contribution is 2.40. The molecule has 8 heteroatoms. The van der Waals surface area contributed by atoms with Crippen LogP contribution in [0.25, 0.3) is 10.9 Å². The van der Waals surface area contributed by atoms with Crippen LogP contribution in [0.4, 0.5) is 0 Å². The predicted molar refractivity (Wildman–Crippen MR) is 94.1 cm³/mol. The summed E-state index contributed by atoms with van der Waals surface area (Å²) in [4.78, 5) is 23.5. The SMILES string of the molecule is COc1cc2c3c(c(=O)n(C)c2c(Cl)c1Cl)CN(C)C3.O=CCO. The zero-order chi connectivity index (χ0) is 18.0. The van der Waals surface area contributed by atoms with Crippen LogP contribution in [0.3, 0.4) is 0 Å². The fourth-order valence-corrected chi connectivity index (χ4v) is 3.38. The Morgan fingerprint density at radius 1 is 1.25 bits per heavy atom. The van der Waals surface area contributed by atoms with Crippen molar-refractivity contribution in [3.8, 4) is 5.75 Å². The smallest absolute Gasteiger partial charge is 0.255 e. The van der Waals surface area contributed by atoms with Crippen molar-refractivity contribution in [3.63, 3.8) is 0 Å². The number of methoxy groups -OCH3 is 1. The lowest BCUT2D eigenvalue weighted by Crippen LogP contribution is -2.22. The van der Waals surface area contributed by atoms with Crippen molar-refractivity contribution in [2.24, 2.45) is 7.05 Å². The summed E-state index contributed by atoms with van der Waals surface area (Å²) in [7, 11) is 5.26. The molecule has 0 atom stereocenters. The average molecular weight is 373 g/mol. The third kappa shape index (κ3) is 3.15. The molecule has 3 rings (SSSR count). The van der Waals surface area contributed by atoms with Gasteiger partial charge in [0.05, 0.1) is 24.3 Å². The lowest BCUT2D eigenvalue weighted by molar-refractivity contribution is -0.110. The first kappa shape index (κ1) is 18.7. The summed E-state index contributed by atoms with van der Waals surface area (Å²) >= 11 is 12.5.